The van der Waals surface area contributed by atoms with Gasteiger partial charge in [-0.3, -0.25) is 4.98 Å². The molecule has 2 N–H and O–H groups in total. The molecule has 2 fully saturated rings. The van der Waals surface area contributed by atoms with Gasteiger partial charge in [-0.2, -0.15) is 0 Å². The van der Waals surface area contributed by atoms with Gasteiger partial charge in [0.1, 0.15) is 11.5 Å². The molecule has 0 spiro atoms. The maximum Gasteiger partial charge on any atom is 0.141 e. The van der Waals surface area contributed by atoms with Crippen molar-refractivity contribution in [1.29, 1.82) is 0 Å². The van der Waals surface area contributed by atoms with Crippen molar-refractivity contribution in [3.05, 3.63) is 54.6 Å². The normalized spacial score (nSPS) is 26.3. The van der Waals surface area contributed by atoms with Crippen molar-refractivity contribution in [3.8, 4) is 11.5 Å². The van der Waals surface area contributed by atoms with E-state index >= 15 is 0 Å². The number of fused-ring (bicyclic) bond motifs is 2. The first-order valence-corrected chi connectivity index (χ1v) is 13.1. The summed E-state index contributed by atoms with van der Waals surface area (Å²) in [6.45, 7) is 8.79. The quantitative estimate of drug-likeness (QED) is 0.290. The van der Waals surface area contributed by atoms with Crippen molar-refractivity contribution in [2.75, 3.05) is 0 Å². The minimum atomic E-state index is -0.309. The van der Waals surface area contributed by atoms with Gasteiger partial charge in [-0.1, -0.05) is 45.4 Å². The van der Waals surface area contributed by atoms with E-state index in [-0.39, 0.29) is 49.1 Å². The van der Waals surface area contributed by atoms with Crippen molar-refractivity contribution in [3.63, 3.8) is 0 Å². The number of hydrogen-bond donors (Lipinski definition) is 2. The molecule has 2 saturated carbocycles. The van der Waals surface area contributed by atoms with Gasteiger partial charge in [-0.05, 0) is 73.8 Å². The van der Waals surface area contributed by atoms with Crippen LogP contribution < -0.4 is 0 Å². The third-order valence-electron chi connectivity index (χ3n) is 9.26. The molecule has 193 valence electrons. The van der Waals surface area contributed by atoms with Crippen LogP contribution in [0.2, 0.25) is 0 Å². The molecule has 4 nitrogen and oxygen atoms in total. The molecular formula is C30H40IrNO3-. The number of nitrogens with zero attached hydrogens (tertiary/aromatic N) is 1. The van der Waals surface area contributed by atoms with Gasteiger partial charge in [0.2, 0.25) is 0 Å². The number of aliphatic hydroxyl groups excluding tert-OH is 2. The smallest absolute Gasteiger partial charge is 0.141 e. The maximum atomic E-state index is 10.9. The fourth-order valence-corrected chi connectivity index (χ4v) is 6.69. The van der Waals surface area contributed by atoms with E-state index in [0.29, 0.717) is 11.8 Å². The monoisotopic (exact) mass is 655 g/mol. The number of rotatable bonds is 5. The van der Waals surface area contributed by atoms with E-state index in [1.165, 1.54) is 6.42 Å². The Morgan fingerprint density at radius 3 is 2.14 bits per heavy atom. The van der Waals surface area contributed by atoms with Crippen LogP contribution in [0.25, 0.3) is 22.6 Å². The molecule has 1 radical (unpaired) electrons. The largest absolute Gasteiger partial charge is 0.481 e. The maximum absolute atomic E-state index is 10.9. The number of hydrogen-bond acceptors (Lipinski definition) is 4. The molecule has 0 amide bonds. The van der Waals surface area contributed by atoms with Gasteiger partial charge in [0, 0.05) is 26.0 Å². The van der Waals surface area contributed by atoms with Gasteiger partial charge >= 0.3 is 0 Å². The summed E-state index contributed by atoms with van der Waals surface area (Å²) in [5.74, 6) is 1.28. The van der Waals surface area contributed by atoms with Crippen LogP contribution in [0.1, 0.15) is 72.6 Å². The Hall–Kier alpha value is -1.52. The molecule has 0 aliphatic heterocycles. The summed E-state index contributed by atoms with van der Waals surface area (Å²) in [7, 11) is 0. The minimum absolute atomic E-state index is 0. The molecule has 4 unspecified atom stereocenters. The zero-order valence-electron chi connectivity index (χ0n) is 21.5. The Labute approximate surface area is 223 Å². The van der Waals surface area contributed by atoms with Crippen LogP contribution in [-0.2, 0) is 20.1 Å². The first-order chi connectivity index (χ1) is 16.4. The average Bonchev–Trinajstić information content (AvgIpc) is 3.45. The van der Waals surface area contributed by atoms with Gasteiger partial charge in [0.25, 0.3) is 0 Å². The molecule has 4 atom stereocenters. The fraction of sp³-hybridized carbons (Fsp3) is 0.567. The number of oxazole rings is 1. The van der Waals surface area contributed by atoms with Crippen molar-refractivity contribution in [2.45, 2.75) is 84.8 Å². The van der Waals surface area contributed by atoms with Gasteiger partial charge < -0.3 is 14.6 Å². The van der Waals surface area contributed by atoms with Gasteiger partial charge in [0.15, 0.2) is 0 Å². The molecular weight excluding hydrogens is 615 g/mol. The molecule has 35 heavy (non-hydrogen) atoms. The third kappa shape index (κ3) is 5.16. The number of aromatic nitrogens is 1. The Balaban J connectivity index is 0.000000194. The molecule has 0 bridgehead atoms. The van der Waals surface area contributed by atoms with Crippen LogP contribution in [0.5, 0.6) is 0 Å². The standard InChI is InChI=1S/C17H32O2.C13H8NO.Ir/c1-5-16(6-2)10-9-12-11-17(7-3,8-4)15(19)13(12)14(16)18;1-2-6-10(7-3-1)13-14-11-8-4-5-9-12(11)15-13;/h12-15,18-19H,5-11H2,1-4H3;1-6,8-9H;/q;-1;. The summed E-state index contributed by atoms with van der Waals surface area (Å²) in [5, 5.41) is 21.8. The van der Waals surface area contributed by atoms with Gasteiger partial charge in [0.05, 0.1) is 17.7 Å². The Bertz CT molecular complexity index is 1020. The summed E-state index contributed by atoms with van der Waals surface area (Å²) in [6.07, 6.45) is 6.98. The second-order valence-corrected chi connectivity index (χ2v) is 10.4. The summed E-state index contributed by atoms with van der Waals surface area (Å²) in [5.41, 5.74) is 2.69. The Morgan fingerprint density at radius 2 is 1.54 bits per heavy atom. The molecule has 0 saturated heterocycles. The van der Waals surface area contributed by atoms with E-state index in [2.05, 4.69) is 38.7 Å². The van der Waals surface area contributed by atoms with Crippen molar-refractivity contribution in [2.24, 2.45) is 22.7 Å². The van der Waals surface area contributed by atoms with Crippen LogP contribution in [-0.4, -0.2) is 27.4 Å². The van der Waals surface area contributed by atoms with E-state index < -0.39 is 0 Å². The van der Waals surface area contributed by atoms with Crippen molar-refractivity contribution < 1.29 is 34.7 Å². The van der Waals surface area contributed by atoms with Crippen LogP contribution >= 0.6 is 0 Å². The number of aliphatic hydroxyl groups is 2. The molecule has 1 aromatic heterocycles. The first kappa shape index (κ1) is 28.1. The second-order valence-electron chi connectivity index (χ2n) is 10.4. The van der Waals surface area contributed by atoms with Gasteiger partial charge in [-0.25, -0.2) is 0 Å². The summed E-state index contributed by atoms with van der Waals surface area (Å²) < 4.78 is 5.61. The van der Waals surface area contributed by atoms with E-state index in [0.717, 1.165) is 55.2 Å². The average molecular weight is 655 g/mol. The van der Waals surface area contributed by atoms with Crippen molar-refractivity contribution >= 4 is 11.1 Å². The molecule has 1 heterocycles. The first-order valence-electron chi connectivity index (χ1n) is 13.1. The number of benzene rings is 2. The predicted molar refractivity (Wildman–Crippen MR) is 137 cm³/mol. The SMILES string of the molecule is CCC1(CC)CCC2CC(CC)(CC)C(O)C2C1O.[Ir].[c-]1ccccc1-c1nc2ccccc2o1. The molecule has 2 aliphatic carbocycles. The topological polar surface area (TPSA) is 66.5 Å². The van der Waals surface area contributed by atoms with Crippen molar-refractivity contribution in [1.82, 2.24) is 4.98 Å². The Kier molecular flexibility index (Phi) is 9.37. The van der Waals surface area contributed by atoms with E-state index in [1.807, 2.05) is 48.5 Å². The molecule has 2 aliphatic rings. The predicted octanol–water partition coefficient (Wildman–Crippen LogP) is 7.04. The number of para-hydroxylation sites is 2. The van der Waals surface area contributed by atoms with Crippen LogP contribution in [0.3, 0.4) is 0 Å². The molecule has 2 aromatic carbocycles. The Morgan fingerprint density at radius 1 is 0.914 bits per heavy atom. The fourth-order valence-electron chi connectivity index (χ4n) is 6.69. The second kappa shape index (κ2) is 11.7. The minimum Gasteiger partial charge on any atom is -0.481 e. The summed E-state index contributed by atoms with van der Waals surface area (Å²) in [6, 6.07) is 18.5. The van der Waals surface area contributed by atoms with Gasteiger partial charge in [-0.15, -0.1) is 30.3 Å². The zero-order valence-corrected chi connectivity index (χ0v) is 23.9. The van der Waals surface area contributed by atoms with Crippen LogP contribution in [0.4, 0.5) is 0 Å². The van der Waals surface area contributed by atoms with Crippen LogP contribution in [0.15, 0.2) is 52.9 Å². The molecule has 5 rings (SSSR count). The van der Waals surface area contributed by atoms with E-state index in [1.54, 1.807) is 0 Å². The summed E-state index contributed by atoms with van der Waals surface area (Å²) >= 11 is 0. The molecule has 3 aromatic rings. The van der Waals surface area contributed by atoms with Crippen LogP contribution in [0, 0.1) is 28.7 Å². The van der Waals surface area contributed by atoms with E-state index in [9.17, 15) is 10.2 Å². The van der Waals surface area contributed by atoms with E-state index in [4.69, 9.17) is 4.42 Å². The zero-order chi connectivity index (χ0) is 24.3. The summed E-state index contributed by atoms with van der Waals surface area (Å²) in [4.78, 5) is 4.39. The third-order valence-corrected chi connectivity index (χ3v) is 9.26. The molecule has 5 heteroatoms.